The van der Waals surface area contributed by atoms with E-state index in [1.54, 1.807) is 0 Å². The van der Waals surface area contributed by atoms with Crippen molar-refractivity contribution in [3.05, 3.63) is 71.8 Å². The van der Waals surface area contributed by atoms with Gasteiger partial charge in [-0.25, -0.2) is 0 Å². The van der Waals surface area contributed by atoms with Crippen LogP contribution in [0.3, 0.4) is 0 Å². The molecule has 0 radical (unpaired) electrons. The molecular formula is C31H40O3. The summed E-state index contributed by atoms with van der Waals surface area (Å²) >= 11 is 0. The first-order valence-electron chi connectivity index (χ1n) is 13.0. The first-order valence-corrected chi connectivity index (χ1v) is 13.0. The number of carbonyl (C=O) groups excluding carboxylic acids is 1. The van der Waals surface area contributed by atoms with E-state index in [1.807, 2.05) is 43.3 Å². The largest absolute Gasteiger partial charge is 0.494 e. The van der Waals surface area contributed by atoms with Crippen LogP contribution >= 0.6 is 0 Å². The third-order valence-corrected chi connectivity index (χ3v) is 6.38. The van der Waals surface area contributed by atoms with Crippen LogP contribution in [0.1, 0.15) is 88.1 Å². The van der Waals surface area contributed by atoms with E-state index in [9.17, 15) is 4.79 Å². The zero-order valence-corrected chi connectivity index (χ0v) is 21.1. The van der Waals surface area contributed by atoms with Gasteiger partial charge in [-0.1, -0.05) is 95.7 Å². The molecule has 34 heavy (non-hydrogen) atoms. The summed E-state index contributed by atoms with van der Waals surface area (Å²) in [6.45, 7) is 7.70. The Morgan fingerprint density at radius 3 is 2.00 bits per heavy atom. The van der Waals surface area contributed by atoms with E-state index in [-0.39, 0.29) is 11.7 Å². The van der Waals surface area contributed by atoms with Crippen molar-refractivity contribution in [2.24, 2.45) is 5.92 Å². The maximum atomic E-state index is 12.7. The number of unbranched alkanes of at least 4 members (excludes halogenated alkanes) is 5. The zero-order valence-electron chi connectivity index (χ0n) is 21.1. The van der Waals surface area contributed by atoms with Gasteiger partial charge >= 0.3 is 0 Å². The minimum absolute atomic E-state index is 0.0822. The van der Waals surface area contributed by atoms with Gasteiger partial charge in [0.2, 0.25) is 0 Å². The molecule has 3 heteroatoms. The summed E-state index contributed by atoms with van der Waals surface area (Å²) in [6, 6.07) is 20.2. The number of hydrogen-bond acceptors (Lipinski definition) is 3. The van der Waals surface area contributed by atoms with Crippen LogP contribution in [0.5, 0.6) is 11.5 Å². The van der Waals surface area contributed by atoms with Crippen molar-refractivity contribution in [3.63, 3.8) is 0 Å². The molecule has 0 N–H and O–H groups in total. The molecule has 3 aromatic rings. The number of ether oxygens (including phenoxy) is 2. The van der Waals surface area contributed by atoms with Crippen molar-refractivity contribution in [3.8, 4) is 11.5 Å². The van der Waals surface area contributed by atoms with Crippen LogP contribution in [-0.2, 0) is 6.61 Å². The molecule has 3 rings (SSSR count). The summed E-state index contributed by atoms with van der Waals surface area (Å²) in [5, 5.41) is 2.28. The summed E-state index contributed by atoms with van der Waals surface area (Å²) in [5.74, 6) is 2.08. The highest BCUT2D eigenvalue weighted by Crippen LogP contribution is 2.26. The minimum atomic E-state index is 0.0822. The maximum Gasteiger partial charge on any atom is 0.165 e. The normalized spacial score (nSPS) is 12.0. The molecule has 3 aromatic carbocycles. The number of hydrogen-bond donors (Lipinski definition) is 0. The smallest absolute Gasteiger partial charge is 0.165 e. The molecule has 0 bridgehead atoms. The monoisotopic (exact) mass is 460 g/mol. The Balaban J connectivity index is 1.51. The van der Waals surface area contributed by atoms with Crippen LogP contribution in [0.15, 0.2) is 60.7 Å². The molecule has 0 unspecified atom stereocenters. The Kier molecular flexibility index (Phi) is 10.5. The highest BCUT2D eigenvalue weighted by Gasteiger charge is 2.14. The van der Waals surface area contributed by atoms with Crippen molar-refractivity contribution in [1.82, 2.24) is 0 Å². The molecule has 0 aliphatic heterocycles. The fourth-order valence-corrected chi connectivity index (χ4v) is 4.15. The van der Waals surface area contributed by atoms with Gasteiger partial charge in [-0.3, -0.25) is 4.79 Å². The van der Waals surface area contributed by atoms with Crippen LogP contribution in [0, 0.1) is 5.92 Å². The van der Waals surface area contributed by atoms with E-state index < -0.39 is 0 Å². The number of rotatable bonds is 15. The van der Waals surface area contributed by atoms with E-state index in [1.165, 1.54) is 32.1 Å². The summed E-state index contributed by atoms with van der Waals surface area (Å²) < 4.78 is 11.9. The molecule has 1 atom stereocenters. The van der Waals surface area contributed by atoms with Crippen molar-refractivity contribution >= 4 is 16.6 Å². The Bertz CT molecular complexity index is 1020. The Labute approximate surface area is 205 Å². The Morgan fingerprint density at radius 2 is 1.35 bits per heavy atom. The predicted molar refractivity (Wildman–Crippen MR) is 142 cm³/mol. The lowest BCUT2D eigenvalue weighted by atomic mass is 9.93. The lowest BCUT2D eigenvalue weighted by molar-refractivity contribution is 0.0922. The molecular weight excluding hydrogens is 420 g/mol. The average Bonchev–Trinajstić information content (AvgIpc) is 2.87. The van der Waals surface area contributed by atoms with Crippen molar-refractivity contribution in [1.29, 1.82) is 0 Å². The number of fused-ring (bicyclic) bond motifs is 1. The van der Waals surface area contributed by atoms with Crippen LogP contribution in [0.4, 0.5) is 0 Å². The fourth-order valence-electron chi connectivity index (χ4n) is 4.15. The van der Waals surface area contributed by atoms with Crippen LogP contribution in [0.2, 0.25) is 0 Å². The molecule has 0 aromatic heterocycles. The van der Waals surface area contributed by atoms with Crippen molar-refractivity contribution in [2.75, 3.05) is 6.61 Å². The molecule has 0 fully saturated rings. The molecule has 0 aliphatic rings. The van der Waals surface area contributed by atoms with Gasteiger partial charge in [0.05, 0.1) is 6.61 Å². The SMILES string of the molecule is CCCCCC[C@@H](C)C(=O)c1ccc(COc2ccc3cc(OCCCCC)ccc3c2)cc1. The molecule has 0 aliphatic carbocycles. The summed E-state index contributed by atoms with van der Waals surface area (Å²) in [5.41, 5.74) is 1.85. The molecule has 182 valence electrons. The van der Waals surface area contributed by atoms with E-state index in [0.29, 0.717) is 6.61 Å². The molecule has 3 nitrogen and oxygen atoms in total. The molecule has 0 saturated carbocycles. The standard InChI is InChI=1S/C31H40O3/c1-4-6-8-9-11-24(3)31(32)26-14-12-25(13-15-26)23-34-30-19-17-27-21-29(18-16-28(27)22-30)33-20-10-7-5-2/h12-19,21-22,24H,4-11,20,23H2,1-3H3/t24-/m1/s1. The van der Waals surface area contributed by atoms with E-state index in [2.05, 4.69) is 38.1 Å². The lowest BCUT2D eigenvalue weighted by Gasteiger charge is -2.12. The van der Waals surface area contributed by atoms with Crippen molar-refractivity contribution < 1.29 is 14.3 Å². The van der Waals surface area contributed by atoms with Gasteiger partial charge in [0.1, 0.15) is 18.1 Å². The first kappa shape index (κ1) is 25.8. The second-order valence-electron chi connectivity index (χ2n) is 9.33. The molecule has 0 saturated heterocycles. The van der Waals surface area contributed by atoms with Crippen LogP contribution in [0.25, 0.3) is 10.8 Å². The van der Waals surface area contributed by atoms with Crippen LogP contribution < -0.4 is 9.47 Å². The van der Waals surface area contributed by atoms with E-state index in [4.69, 9.17) is 9.47 Å². The number of Topliss-reactive ketones (excluding diaryl/α,β-unsaturated/α-hetero) is 1. The summed E-state index contributed by atoms with van der Waals surface area (Å²) in [7, 11) is 0. The highest BCUT2D eigenvalue weighted by molar-refractivity contribution is 5.97. The van der Waals surface area contributed by atoms with Gasteiger partial charge in [0.15, 0.2) is 5.78 Å². The second-order valence-corrected chi connectivity index (χ2v) is 9.33. The van der Waals surface area contributed by atoms with Gasteiger partial charge in [0, 0.05) is 11.5 Å². The Morgan fingerprint density at radius 1 is 0.735 bits per heavy atom. The maximum absolute atomic E-state index is 12.7. The number of carbonyl (C=O) groups is 1. The first-order chi connectivity index (χ1) is 16.6. The highest BCUT2D eigenvalue weighted by atomic mass is 16.5. The average molecular weight is 461 g/mol. The summed E-state index contributed by atoms with van der Waals surface area (Å²) in [6.07, 6.45) is 9.28. The van der Waals surface area contributed by atoms with Gasteiger partial charge in [-0.15, -0.1) is 0 Å². The van der Waals surface area contributed by atoms with Gasteiger partial charge in [0.25, 0.3) is 0 Å². The molecule has 0 heterocycles. The lowest BCUT2D eigenvalue weighted by Crippen LogP contribution is -2.11. The number of benzene rings is 3. The topological polar surface area (TPSA) is 35.5 Å². The fraction of sp³-hybridized carbons (Fsp3) is 0.452. The Hall–Kier alpha value is -2.81. The molecule has 0 amide bonds. The quantitative estimate of drug-likeness (QED) is 0.168. The predicted octanol–water partition coefficient (Wildman–Crippen LogP) is 8.78. The second kappa shape index (κ2) is 13.8. The minimum Gasteiger partial charge on any atom is -0.494 e. The van der Waals surface area contributed by atoms with Gasteiger partial charge < -0.3 is 9.47 Å². The zero-order chi connectivity index (χ0) is 24.2. The third kappa shape index (κ3) is 7.90. The van der Waals surface area contributed by atoms with E-state index in [0.717, 1.165) is 59.3 Å². The van der Waals surface area contributed by atoms with Crippen molar-refractivity contribution in [2.45, 2.75) is 78.7 Å². The number of ketones is 1. The van der Waals surface area contributed by atoms with Gasteiger partial charge in [-0.05, 0) is 53.4 Å². The van der Waals surface area contributed by atoms with E-state index >= 15 is 0 Å². The summed E-state index contributed by atoms with van der Waals surface area (Å²) in [4.78, 5) is 12.7. The van der Waals surface area contributed by atoms with Crippen LogP contribution in [-0.4, -0.2) is 12.4 Å². The molecule has 0 spiro atoms. The third-order valence-electron chi connectivity index (χ3n) is 6.38. The van der Waals surface area contributed by atoms with Gasteiger partial charge in [-0.2, -0.15) is 0 Å².